The van der Waals surface area contributed by atoms with Crippen LogP contribution in [0.1, 0.15) is 25.7 Å². The largest absolute Gasteiger partial charge is 1.00 e. The second-order valence-corrected chi connectivity index (χ2v) is 8.76. The number of hydrogen-bond acceptors (Lipinski definition) is 6. The number of oxime groups is 2. The van der Waals surface area contributed by atoms with E-state index in [1.165, 1.54) is 0 Å². The van der Waals surface area contributed by atoms with Crippen LogP contribution in [-0.2, 0) is 19.1 Å². The summed E-state index contributed by atoms with van der Waals surface area (Å²) in [6, 6.07) is 0. The molecule has 0 aliphatic carbocycles. The van der Waals surface area contributed by atoms with Crippen molar-refractivity contribution in [2.75, 3.05) is 80.8 Å². The van der Waals surface area contributed by atoms with Gasteiger partial charge in [0.25, 0.3) is 0 Å². The van der Waals surface area contributed by atoms with Crippen molar-refractivity contribution >= 4 is 11.8 Å². The zero-order chi connectivity index (χ0) is 21.7. The van der Waals surface area contributed by atoms with Gasteiger partial charge >= 0.3 is 0 Å². The molecule has 0 aromatic heterocycles. The SMILES string of the molecule is C[N+](C)(CC#CCOC1=NOCC1)CCCC[N+](C)(C)CC#CCOC1=NOCC1.[Br-].[Br-]. The highest BCUT2D eigenvalue weighted by molar-refractivity contribution is 5.77. The highest BCUT2D eigenvalue weighted by atomic mass is 79.9. The fourth-order valence-electron chi connectivity index (χ4n) is 2.91. The molecule has 2 aliphatic heterocycles. The summed E-state index contributed by atoms with van der Waals surface area (Å²) in [5.41, 5.74) is 0. The van der Waals surface area contributed by atoms with Crippen molar-refractivity contribution in [1.29, 1.82) is 0 Å². The van der Waals surface area contributed by atoms with E-state index < -0.39 is 0 Å². The first-order chi connectivity index (χ1) is 14.4. The monoisotopic (exact) mass is 578 g/mol. The summed E-state index contributed by atoms with van der Waals surface area (Å²) in [6.07, 6.45) is 3.81. The number of ether oxygens (including phenoxy) is 2. The molecule has 0 unspecified atom stereocenters. The summed E-state index contributed by atoms with van der Waals surface area (Å²) in [5, 5.41) is 7.59. The third-order valence-corrected chi connectivity index (χ3v) is 4.81. The number of rotatable bonds is 9. The van der Waals surface area contributed by atoms with Gasteiger partial charge in [-0.3, -0.25) is 0 Å². The highest BCUT2D eigenvalue weighted by Crippen LogP contribution is 2.06. The molecule has 0 amide bonds. The summed E-state index contributed by atoms with van der Waals surface area (Å²) < 4.78 is 12.6. The van der Waals surface area contributed by atoms with Crippen LogP contribution in [0.4, 0.5) is 0 Å². The fourth-order valence-corrected chi connectivity index (χ4v) is 2.91. The predicted molar refractivity (Wildman–Crippen MR) is 116 cm³/mol. The molecule has 0 fully saturated rings. The van der Waals surface area contributed by atoms with E-state index in [1.54, 1.807) is 0 Å². The molecule has 0 radical (unpaired) electrons. The molecule has 182 valence electrons. The van der Waals surface area contributed by atoms with Crippen molar-refractivity contribution in [3.05, 3.63) is 0 Å². The Balaban J connectivity index is 0.00000480. The van der Waals surface area contributed by atoms with Gasteiger partial charge in [0.15, 0.2) is 13.2 Å². The van der Waals surface area contributed by atoms with Gasteiger partial charge in [-0.05, 0) is 11.8 Å². The number of unbranched alkanes of at least 4 members (excludes halogenated alkanes) is 1. The maximum Gasteiger partial charge on any atom is 0.230 e. The normalized spacial score (nSPS) is 14.6. The summed E-state index contributed by atoms with van der Waals surface area (Å²) in [5.74, 6) is 13.9. The van der Waals surface area contributed by atoms with Crippen molar-refractivity contribution in [2.45, 2.75) is 25.7 Å². The van der Waals surface area contributed by atoms with Crippen LogP contribution in [0.3, 0.4) is 0 Å². The molecule has 0 spiro atoms. The first-order valence-electron chi connectivity index (χ1n) is 10.6. The molecule has 0 bridgehead atoms. The van der Waals surface area contributed by atoms with Crippen LogP contribution >= 0.6 is 0 Å². The Labute approximate surface area is 214 Å². The van der Waals surface area contributed by atoms with E-state index in [0.717, 1.165) is 60.8 Å². The zero-order valence-corrected chi connectivity index (χ0v) is 22.8. The maximum atomic E-state index is 5.44. The zero-order valence-electron chi connectivity index (χ0n) is 19.7. The smallest absolute Gasteiger partial charge is 0.230 e. The van der Waals surface area contributed by atoms with E-state index >= 15 is 0 Å². The van der Waals surface area contributed by atoms with Crippen LogP contribution in [0, 0.1) is 23.7 Å². The van der Waals surface area contributed by atoms with Crippen LogP contribution in [0.2, 0.25) is 0 Å². The van der Waals surface area contributed by atoms with Crippen molar-refractivity contribution in [3.63, 3.8) is 0 Å². The average molecular weight is 580 g/mol. The van der Waals surface area contributed by atoms with Crippen LogP contribution in [0.5, 0.6) is 0 Å². The highest BCUT2D eigenvalue weighted by Gasteiger charge is 2.16. The summed E-state index contributed by atoms with van der Waals surface area (Å²) in [7, 11) is 8.87. The molecule has 0 saturated carbocycles. The molecular weight excluding hydrogens is 544 g/mol. The van der Waals surface area contributed by atoms with Gasteiger partial charge in [-0.1, -0.05) is 22.2 Å². The minimum Gasteiger partial charge on any atom is -1.00 e. The molecule has 2 rings (SSSR count). The van der Waals surface area contributed by atoms with E-state index in [2.05, 4.69) is 62.2 Å². The molecule has 0 saturated heterocycles. The van der Waals surface area contributed by atoms with Crippen LogP contribution < -0.4 is 34.0 Å². The van der Waals surface area contributed by atoms with Crippen LogP contribution in [-0.4, -0.2) is 102 Å². The molecule has 2 heterocycles. The standard InChI is InChI=1S/C22H36N4O4.2BrH/c1-25(2,15-7-9-17-27-21-11-19-29-23-21)13-5-6-14-26(3,4)16-8-10-18-28-22-12-20-30-24-22;;/h5-6,11-20H2,1-4H3;2*1H/q+2;;/p-2. The Morgan fingerprint density at radius 1 is 0.719 bits per heavy atom. The minimum atomic E-state index is 0. The second-order valence-electron chi connectivity index (χ2n) is 8.76. The molecule has 2 aliphatic rings. The lowest BCUT2D eigenvalue weighted by Crippen LogP contribution is -3.00. The average Bonchev–Trinajstić information content (AvgIpc) is 3.39. The van der Waals surface area contributed by atoms with Crippen molar-refractivity contribution in [2.24, 2.45) is 10.3 Å². The summed E-state index contributed by atoms with van der Waals surface area (Å²) >= 11 is 0. The van der Waals surface area contributed by atoms with Gasteiger partial charge in [0, 0.05) is 12.8 Å². The van der Waals surface area contributed by atoms with Gasteiger partial charge < -0.3 is 62.1 Å². The van der Waals surface area contributed by atoms with Gasteiger partial charge in [-0.2, -0.15) is 0 Å². The lowest BCUT2D eigenvalue weighted by Gasteiger charge is -2.30. The Morgan fingerprint density at radius 3 is 1.47 bits per heavy atom. The van der Waals surface area contributed by atoms with Crippen molar-refractivity contribution < 1.29 is 62.1 Å². The molecule has 10 heteroatoms. The second kappa shape index (κ2) is 16.2. The fraction of sp³-hybridized carbons (Fsp3) is 0.727. The van der Waals surface area contributed by atoms with Crippen molar-refractivity contribution in [3.8, 4) is 23.7 Å². The summed E-state index contributed by atoms with van der Waals surface area (Å²) in [6.45, 7) is 5.78. The number of halogens is 2. The third-order valence-electron chi connectivity index (χ3n) is 4.81. The molecular formula is C22H36Br2N4O4. The Morgan fingerprint density at radius 2 is 1.12 bits per heavy atom. The van der Waals surface area contributed by atoms with Crippen molar-refractivity contribution in [1.82, 2.24) is 0 Å². The maximum absolute atomic E-state index is 5.44. The van der Waals surface area contributed by atoms with Gasteiger partial charge in [0.2, 0.25) is 11.8 Å². The van der Waals surface area contributed by atoms with Crippen LogP contribution in [0.15, 0.2) is 10.3 Å². The summed E-state index contributed by atoms with van der Waals surface area (Å²) in [4.78, 5) is 9.78. The van der Waals surface area contributed by atoms with Crippen LogP contribution in [0.25, 0.3) is 0 Å². The predicted octanol–water partition coefficient (Wildman–Crippen LogP) is -4.56. The lowest BCUT2D eigenvalue weighted by atomic mass is 10.2. The first kappa shape index (κ1) is 30.5. The molecule has 0 aromatic rings. The molecule has 0 atom stereocenters. The molecule has 0 N–H and O–H groups in total. The number of hydrogen-bond donors (Lipinski definition) is 0. The Bertz CT molecular complexity index is 672. The quantitative estimate of drug-likeness (QED) is 0.157. The minimum absolute atomic E-state index is 0. The van der Waals surface area contributed by atoms with E-state index in [1.807, 2.05) is 0 Å². The van der Waals surface area contributed by atoms with E-state index in [-0.39, 0.29) is 34.0 Å². The third kappa shape index (κ3) is 13.8. The Hall–Kier alpha value is -1.46. The van der Waals surface area contributed by atoms with Gasteiger partial charge in [0.1, 0.15) is 26.3 Å². The molecule has 0 aromatic carbocycles. The number of quaternary nitrogens is 2. The lowest BCUT2D eigenvalue weighted by molar-refractivity contribution is -0.889. The topological polar surface area (TPSA) is 61.6 Å². The molecule has 8 nitrogen and oxygen atoms in total. The number of nitrogens with zero attached hydrogens (tertiary/aromatic N) is 4. The Kier molecular flexibility index (Phi) is 15.5. The van der Waals surface area contributed by atoms with Gasteiger partial charge in [-0.15, -0.1) is 0 Å². The van der Waals surface area contributed by atoms with E-state index in [0.29, 0.717) is 38.2 Å². The van der Waals surface area contributed by atoms with E-state index in [4.69, 9.17) is 19.1 Å². The molecule has 32 heavy (non-hydrogen) atoms. The first-order valence-corrected chi connectivity index (χ1v) is 10.6. The van der Waals surface area contributed by atoms with E-state index in [9.17, 15) is 0 Å². The van der Waals surface area contributed by atoms with Gasteiger partial charge in [0.05, 0.1) is 54.1 Å². The van der Waals surface area contributed by atoms with Gasteiger partial charge in [-0.25, -0.2) is 0 Å².